The van der Waals surface area contributed by atoms with Crippen LogP contribution in [0.25, 0.3) is 16.8 Å². The molecule has 2 amide bonds. The van der Waals surface area contributed by atoms with Crippen molar-refractivity contribution in [3.8, 4) is 11.3 Å². The number of pyridine rings is 1. The molecule has 0 bridgehead atoms. The summed E-state index contributed by atoms with van der Waals surface area (Å²) in [5.41, 5.74) is 9.85. The van der Waals surface area contributed by atoms with E-state index in [2.05, 4.69) is 25.3 Å². The van der Waals surface area contributed by atoms with Crippen molar-refractivity contribution in [2.75, 3.05) is 17.6 Å². The van der Waals surface area contributed by atoms with Gasteiger partial charge in [-0.2, -0.15) is 0 Å². The van der Waals surface area contributed by atoms with E-state index < -0.39 is 6.04 Å². The van der Waals surface area contributed by atoms with Crippen molar-refractivity contribution in [2.24, 2.45) is 9.98 Å². The number of nitrogen functional groups attached to an aromatic ring is 1. The van der Waals surface area contributed by atoms with E-state index in [-0.39, 0.29) is 23.2 Å². The first kappa shape index (κ1) is 25.6. The number of imidazole rings is 1. The van der Waals surface area contributed by atoms with Crippen LogP contribution in [0.15, 0.2) is 65.0 Å². The summed E-state index contributed by atoms with van der Waals surface area (Å²) in [5, 5.41) is 2.90. The van der Waals surface area contributed by atoms with Gasteiger partial charge in [-0.15, -0.1) is 0 Å². The lowest BCUT2D eigenvalue weighted by Gasteiger charge is -2.27. The van der Waals surface area contributed by atoms with Crippen LogP contribution in [0.4, 0.5) is 11.6 Å². The predicted molar refractivity (Wildman–Crippen MR) is 154 cm³/mol. The largest absolute Gasteiger partial charge is 0.382 e. The van der Waals surface area contributed by atoms with Crippen LogP contribution in [-0.4, -0.2) is 60.2 Å². The van der Waals surface area contributed by atoms with E-state index in [4.69, 9.17) is 22.3 Å². The third-order valence-corrected chi connectivity index (χ3v) is 7.29. The summed E-state index contributed by atoms with van der Waals surface area (Å²) in [6, 6.07) is 9.92. The number of nitrogens with two attached hydrogens (primary N) is 1. The number of amides is 2. The highest BCUT2D eigenvalue weighted by atomic mass is 35.5. The molecule has 4 aromatic rings. The molecule has 1 saturated heterocycles. The van der Waals surface area contributed by atoms with Crippen molar-refractivity contribution in [1.82, 2.24) is 24.3 Å². The van der Waals surface area contributed by atoms with E-state index in [1.54, 1.807) is 43.0 Å². The summed E-state index contributed by atoms with van der Waals surface area (Å²) in [6.07, 6.45) is 8.68. The van der Waals surface area contributed by atoms with Gasteiger partial charge in [0, 0.05) is 48.9 Å². The van der Waals surface area contributed by atoms with Gasteiger partial charge in [-0.3, -0.25) is 14.0 Å². The SMILES string of the molecule is Cc1ccnc(NC(=O)c2ccc(-c3nc(C4CCCN4C(=O)C4CC=NC(Cl)=N4)n4ccnc(N)c34)cc2)c1. The number of carbonyl (C=O) groups is 2. The summed E-state index contributed by atoms with van der Waals surface area (Å²) in [4.78, 5) is 49.7. The van der Waals surface area contributed by atoms with Crippen molar-refractivity contribution in [2.45, 2.75) is 38.3 Å². The summed E-state index contributed by atoms with van der Waals surface area (Å²) < 4.78 is 1.90. The maximum atomic E-state index is 13.4. The number of amidine groups is 1. The summed E-state index contributed by atoms with van der Waals surface area (Å²) in [6.45, 7) is 2.53. The average Bonchev–Trinajstić information content (AvgIpc) is 3.58. The third-order valence-electron chi connectivity index (χ3n) is 7.10. The molecule has 0 spiro atoms. The van der Waals surface area contributed by atoms with Gasteiger partial charge in [0.05, 0.1) is 6.04 Å². The van der Waals surface area contributed by atoms with Crippen LogP contribution in [-0.2, 0) is 4.79 Å². The molecule has 5 heterocycles. The van der Waals surface area contributed by atoms with Crippen LogP contribution < -0.4 is 11.1 Å². The van der Waals surface area contributed by atoms with Crippen LogP contribution in [0, 0.1) is 6.92 Å². The fourth-order valence-electron chi connectivity index (χ4n) is 5.18. The Kier molecular flexibility index (Phi) is 6.72. The van der Waals surface area contributed by atoms with Gasteiger partial charge in [-0.1, -0.05) is 12.1 Å². The second-order valence-electron chi connectivity index (χ2n) is 9.75. The first-order chi connectivity index (χ1) is 19.4. The zero-order chi connectivity index (χ0) is 27.8. The van der Waals surface area contributed by atoms with Crippen molar-refractivity contribution in [3.63, 3.8) is 0 Å². The van der Waals surface area contributed by atoms with Crippen LogP contribution in [0.3, 0.4) is 0 Å². The Morgan fingerprint density at radius 2 is 1.95 bits per heavy atom. The first-order valence-corrected chi connectivity index (χ1v) is 13.3. The number of hydrogen-bond acceptors (Lipinski definition) is 8. The van der Waals surface area contributed by atoms with Gasteiger partial charge < -0.3 is 16.0 Å². The molecule has 1 aromatic carbocycles. The molecule has 2 aliphatic heterocycles. The van der Waals surface area contributed by atoms with Crippen LogP contribution in [0.5, 0.6) is 0 Å². The van der Waals surface area contributed by atoms with Crippen molar-refractivity contribution < 1.29 is 9.59 Å². The maximum absolute atomic E-state index is 13.4. The van der Waals surface area contributed by atoms with Gasteiger partial charge in [0.25, 0.3) is 5.91 Å². The highest BCUT2D eigenvalue weighted by Gasteiger charge is 2.37. The normalized spacial score (nSPS) is 18.6. The number of benzene rings is 1. The minimum absolute atomic E-state index is 0.0833. The van der Waals surface area contributed by atoms with Crippen molar-refractivity contribution >= 4 is 52.1 Å². The molecule has 3 N–H and O–H groups in total. The topological polar surface area (TPSA) is 143 Å². The van der Waals surface area contributed by atoms with Crippen molar-refractivity contribution in [1.29, 1.82) is 0 Å². The lowest BCUT2D eigenvalue weighted by Crippen LogP contribution is -2.39. The molecular weight excluding hydrogens is 530 g/mol. The average molecular weight is 556 g/mol. The highest BCUT2D eigenvalue weighted by Crippen LogP contribution is 2.37. The predicted octanol–water partition coefficient (Wildman–Crippen LogP) is 4.04. The number of anilines is 2. The number of likely N-dealkylation sites (tertiary alicyclic amines) is 1. The molecule has 11 nitrogen and oxygen atoms in total. The molecule has 1 fully saturated rings. The van der Waals surface area contributed by atoms with Crippen LogP contribution in [0.2, 0.25) is 0 Å². The maximum Gasteiger partial charge on any atom is 0.256 e. The Labute approximate surface area is 234 Å². The molecule has 0 saturated carbocycles. The number of nitrogens with zero attached hydrogens (tertiary/aromatic N) is 7. The molecule has 2 unspecified atom stereocenters. The third kappa shape index (κ3) is 4.79. The fraction of sp³-hybridized carbons (Fsp3) is 0.250. The fourth-order valence-corrected chi connectivity index (χ4v) is 5.37. The van der Waals surface area contributed by atoms with Gasteiger partial charge >= 0.3 is 0 Å². The smallest absolute Gasteiger partial charge is 0.256 e. The summed E-state index contributed by atoms with van der Waals surface area (Å²) in [7, 11) is 0. The Hall–Kier alpha value is -4.64. The van der Waals surface area contributed by atoms with Gasteiger partial charge in [-0.25, -0.2) is 24.9 Å². The van der Waals surface area contributed by atoms with Gasteiger partial charge in [-0.05, 0) is 61.2 Å². The zero-order valence-electron chi connectivity index (χ0n) is 21.7. The van der Waals surface area contributed by atoms with E-state index in [0.717, 1.165) is 24.0 Å². The second kappa shape index (κ2) is 10.5. The zero-order valence-corrected chi connectivity index (χ0v) is 22.4. The minimum atomic E-state index is -0.600. The Morgan fingerprint density at radius 3 is 2.73 bits per heavy atom. The van der Waals surface area contributed by atoms with E-state index in [1.165, 1.54) is 0 Å². The minimum Gasteiger partial charge on any atom is -0.382 e. The molecule has 6 rings (SSSR count). The number of fused-ring (bicyclic) bond motifs is 1. The van der Waals surface area contributed by atoms with Crippen LogP contribution >= 0.6 is 11.6 Å². The Balaban J connectivity index is 1.32. The highest BCUT2D eigenvalue weighted by molar-refractivity contribution is 6.65. The van der Waals surface area contributed by atoms with E-state index in [9.17, 15) is 9.59 Å². The van der Waals surface area contributed by atoms with E-state index in [1.807, 2.05) is 34.4 Å². The Bertz CT molecular complexity index is 1680. The first-order valence-electron chi connectivity index (χ1n) is 12.9. The van der Waals surface area contributed by atoms with E-state index in [0.29, 0.717) is 47.2 Å². The molecule has 2 atom stereocenters. The molecular formula is C28H26ClN9O2. The molecule has 40 heavy (non-hydrogen) atoms. The molecule has 2 aliphatic rings. The molecule has 202 valence electrons. The molecule has 12 heteroatoms. The Morgan fingerprint density at radius 1 is 1.12 bits per heavy atom. The monoisotopic (exact) mass is 555 g/mol. The number of aromatic nitrogens is 4. The second-order valence-corrected chi connectivity index (χ2v) is 10.1. The number of carbonyl (C=O) groups excluding carboxylic acids is 2. The standard InChI is InChI=1S/C28H26ClN9O2/c1-16-8-10-31-21(15-16)35-26(39)18-6-4-17(5-7-18)22-23-24(30)32-12-14-38(23)25(36-22)20-3-2-13-37(20)27(40)19-9-11-33-28(29)34-19/h4-8,10-12,14-15,19-20H,2-3,9,13H2,1H3,(H2,30,32)(H,31,35,39). The number of nitrogens with one attached hydrogen (secondary N) is 1. The van der Waals surface area contributed by atoms with Gasteiger partial charge in [0.1, 0.15) is 34.7 Å². The summed E-state index contributed by atoms with van der Waals surface area (Å²) in [5.74, 6) is 1.13. The number of halogens is 1. The van der Waals surface area contributed by atoms with Gasteiger partial charge in [0.2, 0.25) is 11.2 Å². The summed E-state index contributed by atoms with van der Waals surface area (Å²) >= 11 is 5.98. The number of aliphatic imine (C=N–C) groups is 2. The molecule has 0 radical (unpaired) electrons. The number of aryl methyl sites for hydroxylation is 1. The van der Waals surface area contributed by atoms with Gasteiger partial charge in [0.15, 0.2) is 0 Å². The quantitative estimate of drug-likeness (QED) is 0.356. The molecule has 0 aliphatic carbocycles. The molecule has 3 aromatic heterocycles. The van der Waals surface area contributed by atoms with Crippen LogP contribution in [0.1, 0.15) is 47.1 Å². The van der Waals surface area contributed by atoms with Crippen molar-refractivity contribution in [3.05, 3.63) is 71.9 Å². The number of rotatable bonds is 5. The lowest BCUT2D eigenvalue weighted by molar-refractivity contribution is -0.133. The van der Waals surface area contributed by atoms with E-state index >= 15 is 0 Å². The lowest BCUT2D eigenvalue weighted by atomic mass is 10.1. The number of hydrogen-bond donors (Lipinski definition) is 2.